The van der Waals surface area contributed by atoms with Crippen LogP contribution in [0, 0.1) is 0 Å². The zero-order chi connectivity index (χ0) is 25.2. The molecule has 0 bridgehead atoms. The van der Waals surface area contributed by atoms with Gasteiger partial charge in [0.25, 0.3) is 0 Å². The number of hydrogen-bond donors (Lipinski definition) is 2. The first kappa shape index (κ1) is 24.5. The molecule has 35 heavy (non-hydrogen) atoms. The molecular weight excluding hydrogens is 485 g/mol. The molecule has 0 radical (unpaired) electrons. The minimum absolute atomic E-state index is 0.0663. The number of H-pyrrole nitrogens is 1. The predicted molar refractivity (Wildman–Crippen MR) is 126 cm³/mol. The molecule has 1 aromatic heterocycles. The average Bonchev–Trinajstić information content (AvgIpc) is 3.29. The first-order chi connectivity index (χ1) is 16.7. The first-order valence-corrected chi connectivity index (χ1v) is 11.0. The van der Waals surface area contributed by atoms with Crippen LogP contribution in [0.25, 0.3) is 22.4 Å². The number of hydrogen-bond acceptors (Lipinski definition) is 5. The average molecular weight is 507 g/mol. The van der Waals surface area contributed by atoms with Gasteiger partial charge >= 0.3 is 6.18 Å². The molecule has 1 aliphatic carbocycles. The van der Waals surface area contributed by atoms with Crippen molar-refractivity contribution in [3.05, 3.63) is 64.8 Å². The van der Waals surface area contributed by atoms with Crippen molar-refractivity contribution < 1.29 is 32.5 Å². The molecule has 1 heterocycles. The van der Waals surface area contributed by atoms with Crippen LogP contribution in [-0.4, -0.2) is 36.1 Å². The molecule has 6 nitrogen and oxygen atoms in total. The van der Waals surface area contributed by atoms with E-state index in [-0.39, 0.29) is 33.9 Å². The lowest BCUT2D eigenvalue weighted by Gasteiger charge is -2.14. The number of allylic oxidation sites excluding steroid dienone is 3. The maximum Gasteiger partial charge on any atom is 0.433 e. The highest BCUT2D eigenvalue weighted by Gasteiger charge is 2.38. The minimum Gasteiger partial charge on any atom is -0.507 e. The van der Waals surface area contributed by atoms with E-state index in [1.165, 1.54) is 44.6 Å². The number of benzene rings is 2. The van der Waals surface area contributed by atoms with Gasteiger partial charge < -0.3 is 19.3 Å². The number of aromatic amines is 1. The second-order valence-corrected chi connectivity index (χ2v) is 8.28. The SMILES string of the molecule is COc1ccc(-c2c(-c3ccc(OCC4=CC=C(Cl)CC4)cc3O)n[nH]c2C(F)(F)F)cc1OC. The number of nitrogens with one attached hydrogen (secondary N) is 1. The lowest BCUT2D eigenvalue weighted by atomic mass is 9.97. The van der Waals surface area contributed by atoms with Gasteiger partial charge in [-0.25, -0.2) is 0 Å². The highest BCUT2D eigenvalue weighted by Crippen LogP contribution is 2.45. The van der Waals surface area contributed by atoms with E-state index >= 15 is 0 Å². The molecule has 10 heteroatoms. The summed E-state index contributed by atoms with van der Waals surface area (Å²) < 4.78 is 57.7. The Bertz CT molecular complexity index is 1300. The van der Waals surface area contributed by atoms with Gasteiger partial charge in [-0.3, -0.25) is 5.10 Å². The van der Waals surface area contributed by atoms with E-state index < -0.39 is 11.9 Å². The lowest BCUT2D eigenvalue weighted by molar-refractivity contribution is -0.140. The largest absolute Gasteiger partial charge is 0.507 e. The molecule has 0 amide bonds. The molecule has 4 rings (SSSR count). The smallest absolute Gasteiger partial charge is 0.433 e. The Morgan fingerprint density at radius 1 is 1.03 bits per heavy atom. The quantitative estimate of drug-likeness (QED) is 0.372. The molecule has 0 saturated heterocycles. The van der Waals surface area contributed by atoms with E-state index in [0.717, 1.165) is 23.4 Å². The number of alkyl halides is 3. The highest BCUT2D eigenvalue weighted by atomic mass is 35.5. The number of phenolic OH excluding ortho intramolecular Hbond substituents is 1. The van der Waals surface area contributed by atoms with Crippen LogP contribution in [0.4, 0.5) is 13.2 Å². The summed E-state index contributed by atoms with van der Waals surface area (Å²) in [5, 5.41) is 17.4. The van der Waals surface area contributed by atoms with Crippen LogP contribution < -0.4 is 14.2 Å². The van der Waals surface area contributed by atoms with Gasteiger partial charge in [-0.15, -0.1) is 0 Å². The maximum atomic E-state index is 13.8. The Morgan fingerprint density at radius 2 is 1.80 bits per heavy atom. The molecule has 0 aliphatic heterocycles. The van der Waals surface area contributed by atoms with Crippen molar-refractivity contribution in [2.75, 3.05) is 20.8 Å². The van der Waals surface area contributed by atoms with E-state index in [1.807, 2.05) is 12.2 Å². The zero-order valence-corrected chi connectivity index (χ0v) is 19.6. The van der Waals surface area contributed by atoms with Gasteiger partial charge in [0.05, 0.1) is 14.2 Å². The number of ether oxygens (including phenoxy) is 3. The Kier molecular flexibility index (Phi) is 6.98. The van der Waals surface area contributed by atoms with Crippen LogP contribution >= 0.6 is 11.6 Å². The summed E-state index contributed by atoms with van der Waals surface area (Å²) in [5.74, 6) is 0.716. The van der Waals surface area contributed by atoms with Crippen molar-refractivity contribution in [2.24, 2.45) is 0 Å². The molecule has 2 N–H and O–H groups in total. The fourth-order valence-corrected chi connectivity index (χ4v) is 3.93. The normalized spacial score (nSPS) is 13.8. The van der Waals surface area contributed by atoms with Gasteiger partial charge in [0.15, 0.2) is 11.5 Å². The Hall–Kier alpha value is -3.59. The second kappa shape index (κ2) is 9.95. The van der Waals surface area contributed by atoms with Crippen LogP contribution in [-0.2, 0) is 6.18 Å². The van der Waals surface area contributed by atoms with E-state index in [9.17, 15) is 18.3 Å². The van der Waals surface area contributed by atoms with Gasteiger partial charge in [-0.2, -0.15) is 18.3 Å². The predicted octanol–water partition coefficient (Wildman–Crippen LogP) is 6.71. The van der Waals surface area contributed by atoms with E-state index in [1.54, 1.807) is 6.07 Å². The topological polar surface area (TPSA) is 76.6 Å². The van der Waals surface area contributed by atoms with Crippen molar-refractivity contribution in [1.29, 1.82) is 0 Å². The van der Waals surface area contributed by atoms with Crippen LogP contribution in [0.3, 0.4) is 0 Å². The fraction of sp³-hybridized carbons (Fsp3) is 0.240. The van der Waals surface area contributed by atoms with Crippen molar-refractivity contribution >= 4 is 11.6 Å². The van der Waals surface area contributed by atoms with Crippen LogP contribution in [0.15, 0.2) is 59.2 Å². The lowest BCUT2D eigenvalue weighted by Crippen LogP contribution is -2.07. The fourth-order valence-electron chi connectivity index (χ4n) is 3.77. The molecule has 184 valence electrons. The summed E-state index contributed by atoms with van der Waals surface area (Å²) >= 11 is 5.97. The van der Waals surface area contributed by atoms with Gasteiger partial charge in [-0.1, -0.05) is 23.7 Å². The Morgan fingerprint density at radius 3 is 2.43 bits per heavy atom. The van der Waals surface area contributed by atoms with Crippen molar-refractivity contribution in [3.8, 4) is 45.4 Å². The van der Waals surface area contributed by atoms with Gasteiger partial charge in [0.1, 0.15) is 29.5 Å². The van der Waals surface area contributed by atoms with Gasteiger partial charge in [-0.05, 0) is 54.3 Å². The Labute approximate surface area is 204 Å². The van der Waals surface area contributed by atoms with E-state index in [4.69, 9.17) is 25.8 Å². The number of aromatic nitrogens is 2. The molecule has 0 atom stereocenters. The second-order valence-electron chi connectivity index (χ2n) is 7.80. The first-order valence-electron chi connectivity index (χ1n) is 10.6. The van der Waals surface area contributed by atoms with E-state index in [2.05, 4.69) is 10.2 Å². The van der Waals surface area contributed by atoms with Crippen molar-refractivity contribution in [2.45, 2.75) is 19.0 Å². The van der Waals surface area contributed by atoms with Gasteiger partial charge in [0.2, 0.25) is 0 Å². The number of phenols is 1. The molecule has 1 aliphatic rings. The summed E-state index contributed by atoms with van der Waals surface area (Å²) in [6.07, 6.45) is 0.493. The van der Waals surface area contributed by atoms with Crippen LogP contribution in [0.1, 0.15) is 18.5 Å². The minimum atomic E-state index is -4.71. The molecule has 2 aromatic carbocycles. The number of rotatable bonds is 7. The Balaban J connectivity index is 1.70. The van der Waals surface area contributed by atoms with E-state index in [0.29, 0.717) is 18.1 Å². The standard InChI is InChI=1S/C25H22ClF3N2O4/c1-33-20-10-5-15(11-21(20)34-2)22-23(30-31-24(22)25(27,28)29)18-9-8-17(12-19(18)32)35-13-14-3-6-16(26)7-4-14/h3,5-6,8-12,32H,4,7,13H2,1-2H3,(H,30,31). The van der Waals surface area contributed by atoms with Crippen molar-refractivity contribution in [1.82, 2.24) is 10.2 Å². The molecule has 0 spiro atoms. The molecule has 3 aromatic rings. The molecule has 0 fully saturated rings. The van der Waals surface area contributed by atoms with Gasteiger partial charge in [0, 0.05) is 22.2 Å². The number of methoxy groups -OCH3 is 2. The third kappa shape index (κ3) is 5.24. The van der Waals surface area contributed by atoms with Crippen LogP contribution in [0.5, 0.6) is 23.0 Å². The monoisotopic (exact) mass is 506 g/mol. The van der Waals surface area contributed by atoms with Crippen molar-refractivity contribution in [3.63, 3.8) is 0 Å². The molecular formula is C25H22ClF3N2O4. The summed E-state index contributed by atoms with van der Waals surface area (Å²) in [7, 11) is 2.82. The summed E-state index contributed by atoms with van der Waals surface area (Å²) in [6, 6.07) is 8.79. The third-order valence-corrected chi connectivity index (χ3v) is 5.87. The number of halogens is 4. The summed E-state index contributed by atoms with van der Waals surface area (Å²) in [5.41, 5.74) is 0.00270. The summed E-state index contributed by atoms with van der Waals surface area (Å²) in [4.78, 5) is 0. The maximum absolute atomic E-state index is 13.8. The summed E-state index contributed by atoms with van der Waals surface area (Å²) in [6.45, 7) is 0.303. The third-order valence-electron chi connectivity index (χ3n) is 5.56. The molecule has 0 unspecified atom stereocenters. The number of aromatic hydroxyl groups is 1. The number of nitrogens with zero attached hydrogens (tertiary/aromatic N) is 1. The zero-order valence-electron chi connectivity index (χ0n) is 18.9. The highest BCUT2D eigenvalue weighted by molar-refractivity contribution is 6.29. The van der Waals surface area contributed by atoms with Crippen LogP contribution in [0.2, 0.25) is 0 Å². The molecule has 0 saturated carbocycles.